The number of fused-ring (bicyclic) bond motifs is 1. The van der Waals surface area contributed by atoms with Crippen molar-refractivity contribution in [2.45, 2.75) is 24.9 Å². The minimum absolute atomic E-state index is 0.0378. The maximum Gasteiger partial charge on any atom is 0.329 e. The molecule has 0 radical (unpaired) electrons. The first kappa shape index (κ1) is 15.9. The first-order chi connectivity index (χ1) is 11.3. The van der Waals surface area contributed by atoms with E-state index in [2.05, 4.69) is 0 Å². The lowest BCUT2D eigenvalue weighted by atomic mass is 10.2. The van der Waals surface area contributed by atoms with Crippen LogP contribution in [0.4, 0.5) is 0 Å². The minimum Gasteiger partial charge on any atom is -0.288 e. The zero-order valence-electron chi connectivity index (χ0n) is 13.0. The predicted molar refractivity (Wildman–Crippen MR) is 90.8 cm³/mol. The molecule has 0 spiro atoms. The van der Waals surface area contributed by atoms with Crippen LogP contribution in [-0.4, -0.2) is 49.0 Å². The normalized spacial score (nSPS) is 28.5. The third-order valence-electron chi connectivity index (χ3n) is 4.96. The van der Waals surface area contributed by atoms with Gasteiger partial charge in [-0.2, -0.15) is 0 Å². The fourth-order valence-electron chi connectivity index (χ4n) is 3.86. The van der Waals surface area contributed by atoms with Gasteiger partial charge >= 0.3 is 5.69 Å². The Labute approximate surface area is 139 Å². The number of hydrogen-bond acceptors (Lipinski definition) is 5. The fourth-order valence-corrected chi connectivity index (χ4v) is 7.26. The molecule has 2 aliphatic rings. The molecule has 0 N–H and O–H groups in total. The molecule has 130 valence electrons. The summed E-state index contributed by atoms with van der Waals surface area (Å²) in [6.07, 6.45) is 0.832. The van der Waals surface area contributed by atoms with Crippen molar-refractivity contribution < 1.29 is 16.8 Å². The molecule has 2 aromatic rings. The van der Waals surface area contributed by atoms with Crippen LogP contribution in [0.15, 0.2) is 29.1 Å². The SMILES string of the molecule is O=c1n(C2CCS(=O)(=O)C2)c2ccccc2n1C1CCS(=O)(=O)C1. The summed E-state index contributed by atoms with van der Waals surface area (Å²) in [5.41, 5.74) is 1.04. The zero-order valence-corrected chi connectivity index (χ0v) is 14.6. The van der Waals surface area contributed by atoms with Crippen LogP contribution in [0.5, 0.6) is 0 Å². The van der Waals surface area contributed by atoms with E-state index < -0.39 is 19.7 Å². The van der Waals surface area contributed by atoms with Gasteiger partial charge in [0.05, 0.1) is 46.1 Å². The number of rotatable bonds is 2. The van der Waals surface area contributed by atoms with Gasteiger partial charge in [0.15, 0.2) is 19.7 Å². The largest absolute Gasteiger partial charge is 0.329 e. The molecule has 24 heavy (non-hydrogen) atoms. The molecule has 2 unspecified atom stereocenters. The molecule has 2 fully saturated rings. The van der Waals surface area contributed by atoms with Crippen molar-refractivity contribution in [3.63, 3.8) is 0 Å². The lowest BCUT2D eigenvalue weighted by Gasteiger charge is -2.11. The second-order valence-corrected chi connectivity index (χ2v) is 11.1. The number of benzene rings is 1. The summed E-state index contributed by atoms with van der Waals surface area (Å²) in [7, 11) is -6.24. The van der Waals surface area contributed by atoms with E-state index in [0.717, 1.165) is 0 Å². The number of imidazole rings is 1. The van der Waals surface area contributed by atoms with Crippen molar-refractivity contribution >= 4 is 30.7 Å². The van der Waals surface area contributed by atoms with E-state index >= 15 is 0 Å². The van der Waals surface area contributed by atoms with E-state index in [1.807, 2.05) is 0 Å². The number of nitrogens with zero attached hydrogens (tertiary/aromatic N) is 2. The van der Waals surface area contributed by atoms with Crippen molar-refractivity contribution in [2.75, 3.05) is 23.0 Å². The Morgan fingerprint density at radius 3 is 1.54 bits per heavy atom. The van der Waals surface area contributed by atoms with E-state index in [-0.39, 0.29) is 40.8 Å². The summed E-state index contributed by atoms with van der Waals surface area (Å²) in [4.78, 5) is 13.0. The summed E-state index contributed by atoms with van der Waals surface area (Å²) in [5, 5.41) is 0. The lowest BCUT2D eigenvalue weighted by Crippen LogP contribution is -2.30. The van der Waals surface area contributed by atoms with Crippen LogP contribution >= 0.6 is 0 Å². The molecule has 1 aromatic carbocycles. The predicted octanol–water partition coefficient (Wildman–Crippen LogP) is 0.522. The van der Waals surface area contributed by atoms with Crippen LogP contribution in [0.3, 0.4) is 0 Å². The summed E-state index contributed by atoms with van der Waals surface area (Å²) in [5.74, 6) is 0.0939. The summed E-state index contributed by atoms with van der Waals surface area (Å²) < 4.78 is 50.3. The second-order valence-electron chi connectivity index (χ2n) is 6.63. The van der Waals surface area contributed by atoms with Crippen molar-refractivity contribution in [3.05, 3.63) is 34.7 Å². The molecule has 9 heteroatoms. The topological polar surface area (TPSA) is 95.2 Å². The number of aromatic nitrogens is 2. The molecule has 2 atom stereocenters. The third-order valence-corrected chi connectivity index (χ3v) is 8.46. The van der Waals surface area contributed by atoms with Crippen molar-refractivity contribution in [1.82, 2.24) is 9.13 Å². The molecule has 0 amide bonds. The van der Waals surface area contributed by atoms with Crippen molar-refractivity contribution in [2.24, 2.45) is 0 Å². The monoisotopic (exact) mass is 370 g/mol. The van der Waals surface area contributed by atoms with Crippen molar-refractivity contribution in [3.8, 4) is 0 Å². The zero-order chi connectivity index (χ0) is 17.1. The molecule has 0 aliphatic carbocycles. The molecule has 0 saturated carbocycles. The van der Waals surface area contributed by atoms with E-state index in [1.54, 1.807) is 33.4 Å². The molecule has 3 heterocycles. The van der Waals surface area contributed by atoms with Gasteiger partial charge in [0.2, 0.25) is 0 Å². The highest BCUT2D eigenvalue weighted by molar-refractivity contribution is 7.91. The molecule has 2 aliphatic heterocycles. The molecular weight excluding hydrogens is 352 g/mol. The molecule has 4 rings (SSSR count). The Morgan fingerprint density at radius 2 is 1.21 bits per heavy atom. The summed E-state index contributed by atoms with van der Waals surface area (Å²) in [6.45, 7) is 0. The highest BCUT2D eigenvalue weighted by atomic mass is 32.2. The van der Waals surface area contributed by atoms with E-state index in [1.165, 1.54) is 0 Å². The van der Waals surface area contributed by atoms with Crippen LogP contribution in [0, 0.1) is 0 Å². The highest BCUT2D eigenvalue weighted by Crippen LogP contribution is 2.30. The maximum atomic E-state index is 13.0. The van der Waals surface area contributed by atoms with Gasteiger partial charge in [-0.3, -0.25) is 9.13 Å². The molecule has 2 saturated heterocycles. The molecule has 1 aromatic heterocycles. The van der Waals surface area contributed by atoms with Crippen LogP contribution in [-0.2, 0) is 19.7 Å². The quantitative estimate of drug-likeness (QED) is 0.768. The number of hydrogen-bond donors (Lipinski definition) is 0. The lowest BCUT2D eigenvalue weighted by molar-refractivity contribution is 0.499. The molecule has 7 nitrogen and oxygen atoms in total. The minimum atomic E-state index is -3.12. The van der Waals surface area contributed by atoms with Crippen LogP contribution in [0.2, 0.25) is 0 Å². The number of para-hydroxylation sites is 2. The van der Waals surface area contributed by atoms with E-state index in [9.17, 15) is 21.6 Å². The van der Waals surface area contributed by atoms with Gasteiger partial charge in [-0.25, -0.2) is 21.6 Å². The van der Waals surface area contributed by atoms with E-state index in [4.69, 9.17) is 0 Å². The molecular formula is C15H18N2O5S2. The summed E-state index contributed by atoms with van der Waals surface area (Å²) in [6, 6.07) is 6.43. The third kappa shape index (κ3) is 2.50. The van der Waals surface area contributed by atoms with Gasteiger partial charge < -0.3 is 0 Å². The number of sulfone groups is 2. The van der Waals surface area contributed by atoms with Gasteiger partial charge in [0, 0.05) is 0 Å². The van der Waals surface area contributed by atoms with Gasteiger partial charge in [0.1, 0.15) is 0 Å². The Morgan fingerprint density at radius 1 is 0.792 bits per heavy atom. The fraction of sp³-hybridized carbons (Fsp3) is 0.533. The Balaban J connectivity index is 1.90. The van der Waals surface area contributed by atoms with Crippen molar-refractivity contribution in [1.29, 1.82) is 0 Å². The average molecular weight is 370 g/mol. The Kier molecular flexibility index (Phi) is 3.44. The van der Waals surface area contributed by atoms with Crippen LogP contribution in [0.25, 0.3) is 11.0 Å². The Hall–Kier alpha value is -1.61. The smallest absolute Gasteiger partial charge is 0.288 e. The van der Waals surface area contributed by atoms with Gasteiger partial charge in [-0.1, -0.05) is 12.1 Å². The maximum absolute atomic E-state index is 13.0. The van der Waals surface area contributed by atoms with Gasteiger partial charge in [0.25, 0.3) is 0 Å². The first-order valence-electron chi connectivity index (χ1n) is 7.90. The summed E-state index contributed by atoms with van der Waals surface area (Å²) >= 11 is 0. The average Bonchev–Trinajstić information content (AvgIpc) is 3.12. The van der Waals surface area contributed by atoms with Gasteiger partial charge in [-0.05, 0) is 25.0 Å². The Bertz CT molecular complexity index is 995. The first-order valence-corrected chi connectivity index (χ1v) is 11.5. The van der Waals surface area contributed by atoms with E-state index in [0.29, 0.717) is 23.9 Å². The van der Waals surface area contributed by atoms with Crippen LogP contribution in [0.1, 0.15) is 24.9 Å². The molecule has 0 bridgehead atoms. The standard InChI is InChI=1S/C15H18N2O5S2/c18-15-16(11-5-7-23(19,20)9-11)13-3-1-2-4-14(13)17(15)12-6-8-24(21,22)10-12/h1-4,11-12H,5-10H2. The second kappa shape index (κ2) is 5.19. The van der Waals surface area contributed by atoms with Gasteiger partial charge in [-0.15, -0.1) is 0 Å². The van der Waals surface area contributed by atoms with Crippen LogP contribution < -0.4 is 5.69 Å². The highest BCUT2D eigenvalue weighted by Gasteiger charge is 2.35.